The van der Waals surface area contributed by atoms with E-state index in [1.807, 2.05) is 0 Å². The summed E-state index contributed by atoms with van der Waals surface area (Å²) in [7, 11) is 0. The van der Waals surface area contributed by atoms with Crippen molar-refractivity contribution in [1.29, 1.82) is 0 Å². The summed E-state index contributed by atoms with van der Waals surface area (Å²) >= 11 is 0. The maximum Gasteiger partial charge on any atom is 0.328 e. The highest BCUT2D eigenvalue weighted by molar-refractivity contribution is 5.82. The number of rotatable bonds is 4. The second-order valence-electron chi connectivity index (χ2n) is 4.71. The lowest BCUT2D eigenvalue weighted by Gasteiger charge is -2.21. The molecule has 0 radical (unpaired) electrons. The maximum absolute atomic E-state index is 11.5. The van der Waals surface area contributed by atoms with Gasteiger partial charge in [-0.25, -0.2) is 9.59 Å². The van der Waals surface area contributed by atoms with E-state index >= 15 is 0 Å². The third kappa shape index (κ3) is 3.59. The molecule has 17 heavy (non-hydrogen) atoms. The van der Waals surface area contributed by atoms with Crippen molar-refractivity contribution < 1.29 is 19.8 Å². The Kier molecular flexibility index (Phi) is 4.74. The molecule has 0 heterocycles. The Hall–Kier alpha value is -1.30. The SMILES string of the molecule is CC1CCC(NC(=O)N[C@@H](CO)C(=O)O)C1C. The normalized spacial score (nSPS) is 29.7. The number of hydrogen-bond acceptors (Lipinski definition) is 3. The van der Waals surface area contributed by atoms with E-state index in [1.54, 1.807) is 0 Å². The van der Waals surface area contributed by atoms with Crippen molar-refractivity contribution in [1.82, 2.24) is 10.6 Å². The quantitative estimate of drug-likeness (QED) is 0.566. The van der Waals surface area contributed by atoms with Crippen LogP contribution in [0.25, 0.3) is 0 Å². The molecular formula is C11H20N2O4. The van der Waals surface area contributed by atoms with Gasteiger partial charge in [0.25, 0.3) is 0 Å². The van der Waals surface area contributed by atoms with Crippen molar-refractivity contribution in [3.05, 3.63) is 0 Å². The summed E-state index contributed by atoms with van der Waals surface area (Å²) in [6.45, 7) is 3.60. The van der Waals surface area contributed by atoms with E-state index in [0.717, 1.165) is 12.8 Å². The fourth-order valence-electron chi connectivity index (χ4n) is 2.12. The van der Waals surface area contributed by atoms with Gasteiger partial charge >= 0.3 is 12.0 Å². The van der Waals surface area contributed by atoms with Gasteiger partial charge in [-0.2, -0.15) is 0 Å². The number of hydrogen-bond donors (Lipinski definition) is 4. The van der Waals surface area contributed by atoms with E-state index in [0.29, 0.717) is 11.8 Å². The van der Waals surface area contributed by atoms with Gasteiger partial charge in [0, 0.05) is 6.04 Å². The highest BCUT2D eigenvalue weighted by Crippen LogP contribution is 2.30. The molecule has 0 bridgehead atoms. The fraction of sp³-hybridized carbons (Fsp3) is 0.818. The van der Waals surface area contributed by atoms with Gasteiger partial charge in [-0.1, -0.05) is 13.8 Å². The van der Waals surface area contributed by atoms with Crippen molar-refractivity contribution >= 4 is 12.0 Å². The van der Waals surface area contributed by atoms with Crippen LogP contribution in [-0.4, -0.2) is 40.9 Å². The molecule has 0 saturated heterocycles. The molecule has 0 aromatic rings. The summed E-state index contributed by atoms with van der Waals surface area (Å²) in [4.78, 5) is 22.1. The summed E-state index contributed by atoms with van der Waals surface area (Å²) in [5.74, 6) is -0.290. The first-order chi connectivity index (χ1) is 7.95. The van der Waals surface area contributed by atoms with Gasteiger partial charge in [0.05, 0.1) is 6.61 Å². The summed E-state index contributed by atoms with van der Waals surface area (Å²) in [6.07, 6.45) is 1.97. The number of urea groups is 1. The molecule has 98 valence electrons. The van der Waals surface area contributed by atoms with Gasteiger partial charge in [0.1, 0.15) is 0 Å². The maximum atomic E-state index is 11.5. The second-order valence-corrected chi connectivity index (χ2v) is 4.71. The zero-order valence-electron chi connectivity index (χ0n) is 10.1. The number of carbonyl (C=O) groups excluding carboxylic acids is 1. The first-order valence-electron chi connectivity index (χ1n) is 5.86. The molecule has 6 nitrogen and oxygen atoms in total. The smallest absolute Gasteiger partial charge is 0.328 e. The molecule has 0 aromatic heterocycles. The van der Waals surface area contributed by atoms with Crippen LogP contribution in [0.1, 0.15) is 26.7 Å². The Balaban J connectivity index is 2.42. The number of amides is 2. The van der Waals surface area contributed by atoms with Gasteiger partial charge in [0.15, 0.2) is 6.04 Å². The Morgan fingerprint density at radius 2 is 2.00 bits per heavy atom. The van der Waals surface area contributed by atoms with Gasteiger partial charge in [0.2, 0.25) is 0 Å². The summed E-state index contributed by atoms with van der Waals surface area (Å²) in [5, 5.41) is 22.4. The third-order valence-electron chi connectivity index (χ3n) is 3.57. The van der Waals surface area contributed by atoms with E-state index in [9.17, 15) is 9.59 Å². The topological polar surface area (TPSA) is 98.7 Å². The highest BCUT2D eigenvalue weighted by Gasteiger charge is 2.31. The molecule has 1 aliphatic carbocycles. The molecule has 6 heteroatoms. The van der Waals surface area contributed by atoms with Crippen molar-refractivity contribution in [2.24, 2.45) is 11.8 Å². The number of nitrogens with one attached hydrogen (secondary N) is 2. The number of carboxylic acids is 1. The third-order valence-corrected chi connectivity index (χ3v) is 3.57. The zero-order chi connectivity index (χ0) is 13.0. The average molecular weight is 244 g/mol. The fourth-order valence-corrected chi connectivity index (χ4v) is 2.12. The standard InChI is InChI=1S/C11H20N2O4/c1-6-3-4-8(7(6)2)12-11(17)13-9(5-14)10(15)16/h6-9,14H,3-5H2,1-2H3,(H,15,16)(H2,12,13,17)/t6?,7?,8?,9-/m0/s1. The molecular weight excluding hydrogens is 224 g/mol. The molecule has 0 spiro atoms. The van der Waals surface area contributed by atoms with Crippen LogP contribution < -0.4 is 10.6 Å². The lowest BCUT2D eigenvalue weighted by atomic mass is 9.98. The molecule has 3 unspecified atom stereocenters. The van der Waals surface area contributed by atoms with Crippen LogP contribution in [0, 0.1) is 11.8 Å². The molecule has 4 N–H and O–H groups in total. The van der Waals surface area contributed by atoms with E-state index in [1.165, 1.54) is 0 Å². The largest absolute Gasteiger partial charge is 0.480 e. The molecule has 0 aliphatic heterocycles. The molecule has 1 fully saturated rings. The minimum Gasteiger partial charge on any atom is -0.480 e. The first kappa shape index (κ1) is 13.8. The number of carboxylic acid groups (broad SMARTS) is 1. The first-order valence-corrected chi connectivity index (χ1v) is 5.86. The van der Waals surface area contributed by atoms with Crippen LogP contribution in [0.3, 0.4) is 0 Å². The summed E-state index contributed by atoms with van der Waals surface area (Å²) in [5.41, 5.74) is 0. The number of aliphatic hydroxyl groups is 1. The van der Waals surface area contributed by atoms with Crippen molar-refractivity contribution in [3.8, 4) is 0 Å². The van der Waals surface area contributed by atoms with Crippen molar-refractivity contribution in [3.63, 3.8) is 0 Å². The summed E-state index contributed by atoms with van der Waals surface area (Å²) in [6, 6.07) is -1.69. The van der Waals surface area contributed by atoms with Gasteiger partial charge in [-0.3, -0.25) is 0 Å². The molecule has 2 amide bonds. The molecule has 1 saturated carbocycles. The van der Waals surface area contributed by atoms with Gasteiger partial charge in [-0.15, -0.1) is 0 Å². The minimum absolute atomic E-state index is 0.0816. The van der Waals surface area contributed by atoms with E-state index in [4.69, 9.17) is 10.2 Å². The van der Waals surface area contributed by atoms with Crippen LogP contribution in [0.15, 0.2) is 0 Å². The number of carbonyl (C=O) groups is 2. The Morgan fingerprint density at radius 3 is 2.41 bits per heavy atom. The molecule has 4 atom stereocenters. The Morgan fingerprint density at radius 1 is 1.35 bits per heavy atom. The van der Waals surface area contributed by atoms with Crippen molar-refractivity contribution in [2.45, 2.75) is 38.8 Å². The lowest BCUT2D eigenvalue weighted by Crippen LogP contribution is -2.51. The second kappa shape index (κ2) is 5.86. The molecule has 0 aromatic carbocycles. The van der Waals surface area contributed by atoms with Crippen LogP contribution in [0.4, 0.5) is 4.79 Å². The Labute approximate surface area is 100 Å². The van der Waals surface area contributed by atoms with Crippen LogP contribution in [-0.2, 0) is 4.79 Å². The highest BCUT2D eigenvalue weighted by atomic mass is 16.4. The van der Waals surface area contributed by atoms with Crippen LogP contribution in [0.5, 0.6) is 0 Å². The minimum atomic E-state index is -1.25. The summed E-state index contributed by atoms with van der Waals surface area (Å²) < 4.78 is 0. The van der Waals surface area contributed by atoms with E-state index < -0.39 is 24.6 Å². The van der Waals surface area contributed by atoms with Crippen LogP contribution in [0.2, 0.25) is 0 Å². The number of aliphatic hydroxyl groups excluding tert-OH is 1. The number of aliphatic carboxylic acids is 1. The van der Waals surface area contributed by atoms with E-state index in [2.05, 4.69) is 24.5 Å². The van der Waals surface area contributed by atoms with Crippen molar-refractivity contribution in [2.75, 3.05) is 6.61 Å². The van der Waals surface area contributed by atoms with Gasteiger partial charge in [-0.05, 0) is 24.7 Å². The monoisotopic (exact) mass is 244 g/mol. The molecule has 1 rings (SSSR count). The zero-order valence-corrected chi connectivity index (χ0v) is 10.1. The predicted molar refractivity (Wildman–Crippen MR) is 61.5 cm³/mol. The predicted octanol–water partition coefficient (Wildman–Crippen LogP) is 0.166. The molecule has 1 aliphatic rings. The Bertz CT molecular complexity index is 295. The van der Waals surface area contributed by atoms with Gasteiger partial charge < -0.3 is 20.8 Å². The van der Waals surface area contributed by atoms with E-state index in [-0.39, 0.29) is 6.04 Å². The lowest BCUT2D eigenvalue weighted by molar-refractivity contribution is -0.140. The van der Waals surface area contributed by atoms with Crippen LogP contribution >= 0.6 is 0 Å². The average Bonchev–Trinajstić information content (AvgIpc) is 2.57.